The van der Waals surface area contributed by atoms with E-state index in [-0.39, 0.29) is 23.8 Å². The van der Waals surface area contributed by atoms with E-state index in [0.29, 0.717) is 5.82 Å². The van der Waals surface area contributed by atoms with E-state index in [4.69, 9.17) is 0 Å². The summed E-state index contributed by atoms with van der Waals surface area (Å²) in [6.07, 6.45) is 0. The maximum atomic E-state index is 12.3. The molecule has 0 saturated carbocycles. The predicted molar refractivity (Wildman–Crippen MR) is 93.5 cm³/mol. The number of carbonyl (C=O) groups excluding carboxylic acids is 1. The Morgan fingerprint density at radius 2 is 1.92 bits per heavy atom. The van der Waals surface area contributed by atoms with Crippen LogP contribution in [0.5, 0.6) is 0 Å². The third kappa shape index (κ3) is 4.63. The van der Waals surface area contributed by atoms with Gasteiger partial charge in [-0.1, -0.05) is 58.9 Å². The smallest absolute Gasteiger partial charge is 0.243 e. The van der Waals surface area contributed by atoms with Crippen LogP contribution in [0.1, 0.15) is 63.5 Å². The fraction of sp³-hybridized carbons (Fsp3) is 0.500. The van der Waals surface area contributed by atoms with E-state index in [1.54, 1.807) is 0 Å². The summed E-state index contributed by atoms with van der Waals surface area (Å²) in [7, 11) is 0. The molecule has 1 atom stereocenters. The van der Waals surface area contributed by atoms with Crippen LogP contribution >= 0.6 is 0 Å². The Kier molecular flexibility index (Phi) is 5.52. The molecule has 0 aliphatic heterocycles. The first-order valence-corrected chi connectivity index (χ1v) is 8.28. The summed E-state index contributed by atoms with van der Waals surface area (Å²) in [6.45, 7) is 10.3. The van der Waals surface area contributed by atoms with Crippen LogP contribution in [0.4, 0.5) is 0 Å². The number of hydrogen-bond acceptors (Lipinski definition) is 5. The second-order valence-corrected chi connectivity index (χ2v) is 7.35. The molecular formula is C18H24N6O. The average molecular weight is 340 g/mol. The monoisotopic (exact) mass is 340 g/mol. The first kappa shape index (κ1) is 18.6. The van der Waals surface area contributed by atoms with Crippen LogP contribution in [0.25, 0.3) is 0 Å². The fourth-order valence-electron chi connectivity index (χ4n) is 2.45. The van der Waals surface area contributed by atoms with Crippen molar-refractivity contribution in [1.29, 1.82) is 5.26 Å². The zero-order valence-corrected chi connectivity index (χ0v) is 15.3. The van der Waals surface area contributed by atoms with E-state index in [1.165, 1.54) is 10.2 Å². The van der Waals surface area contributed by atoms with Gasteiger partial charge in [-0.05, 0) is 27.0 Å². The molecule has 1 N–H and O–H groups in total. The maximum Gasteiger partial charge on any atom is 0.243 e. The summed E-state index contributed by atoms with van der Waals surface area (Å²) in [6, 6.07) is 9.16. The van der Waals surface area contributed by atoms with Gasteiger partial charge in [-0.3, -0.25) is 4.79 Å². The van der Waals surface area contributed by atoms with Gasteiger partial charge in [-0.2, -0.15) is 5.26 Å². The van der Waals surface area contributed by atoms with Crippen LogP contribution in [-0.2, 0) is 16.8 Å². The molecule has 1 aromatic heterocycles. The Balaban J connectivity index is 2.08. The molecule has 0 radical (unpaired) electrons. The van der Waals surface area contributed by atoms with Crippen LogP contribution in [0.15, 0.2) is 24.3 Å². The van der Waals surface area contributed by atoms with Crippen LogP contribution in [0.2, 0.25) is 0 Å². The second kappa shape index (κ2) is 7.43. The highest BCUT2D eigenvalue weighted by Gasteiger charge is 2.19. The molecule has 0 saturated heterocycles. The van der Waals surface area contributed by atoms with Crippen LogP contribution in [0.3, 0.4) is 0 Å². The number of hydrogen-bond donors (Lipinski definition) is 1. The van der Waals surface area contributed by atoms with Crippen molar-refractivity contribution in [2.24, 2.45) is 0 Å². The van der Waals surface area contributed by atoms with Crippen LogP contribution in [0, 0.1) is 11.3 Å². The quantitative estimate of drug-likeness (QED) is 0.902. The van der Waals surface area contributed by atoms with E-state index in [9.17, 15) is 10.1 Å². The third-order valence-corrected chi connectivity index (χ3v) is 3.91. The molecule has 0 fully saturated rings. The van der Waals surface area contributed by atoms with Crippen LogP contribution < -0.4 is 5.32 Å². The number of amides is 1. The molecule has 1 amide bonds. The SMILES string of the molecule is CC(C)c1nnnn1CC(=O)NC(C#N)c1ccc(C(C)(C)C)cc1. The fourth-order valence-corrected chi connectivity index (χ4v) is 2.45. The Morgan fingerprint density at radius 3 is 2.44 bits per heavy atom. The highest BCUT2D eigenvalue weighted by atomic mass is 16.2. The third-order valence-electron chi connectivity index (χ3n) is 3.91. The molecule has 7 nitrogen and oxygen atoms in total. The van der Waals surface area contributed by atoms with Gasteiger partial charge in [0.25, 0.3) is 0 Å². The number of rotatable bonds is 5. The molecule has 0 aliphatic carbocycles. The molecule has 1 heterocycles. The lowest BCUT2D eigenvalue weighted by molar-refractivity contribution is -0.122. The van der Waals surface area contributed by atoms with Crippen molar-refractivity contribution in [1.82, 2.24) is 25.5 Å². The number of nitriles is 1. The Morgan fingerprint density at radius 1 is 1.28 bits per heavy atom. The van der Waals surface area contributed by atoms with E-state index in [0.717, 1.165) is 5.56 Å². The summed E-state index contributed by atoms with van der Waals surface area (Å²) in [5, 5.41) is 23.5. The Labute approximate surface area is 148 Å². The molecule has 0 bridgehead atoms. The van der Waals surface area contributed by atoms with E-state index in [1.807, 2.05) is 38.1 Å². The van der Waals surface area contributed by atoms with Crippen molar-refractivity contribution >= 4 is 5.91 Å². The van der Waals surface area contributed by atoms with Crippen molar-refractivity contribution in [3.8, 4) is 6.07 Å². The lowest BCUT2D eigenvalue weighted by Gasteiger charge is -2.20. The molecule has 7 heteroatoms. The van der Waals surface area contributed by atoms with Crippen molar-refractivity contribution in [2.75, 3.05) is 0 Å². The van der Waals surface area contributed by atoms with Gasteiger partial charge in [0.15, 0.2) is 5.82 Å². The minimum atomic E-state index is -0.708. The zero-order chi connectivity index (χ0) is 18.6. The molecular weight excluding hydrogens is 316 g/mol. The summed E-state index contributed by atoms with van der Waals surface area (Å²) >= 11 is 0. The highest BCUT2D eigenvalue weighted by Crippen LogP contribution is 2.23. The highest BCUT2D eigenvalue weighted by molar-refractivity contribution is 5.76. The van der Waals surface area contributed by atoms with Gasteiger partial charge >= 0.3 is 0 Å². The summed E-state index contributed by atoms with van der Waals surface area (Å²) in [4.78, 5) is 12.3. The molecule has 1 aromatic carbocycles. The van der Waals surface area contributed by atoms with Crippen molar-refractivity contribution in [3.63, 3.8) is 0 Å². The molecule has 25 heavy (non-hydrogen) atoms. The molecule has 2 rings (SSSR count). The standard InChI is InChI=1S/C18H24N6O/c1-12(2)17-21-22-23-24(17)11-16(25)20-15(10-19)13-6-8-14(9-7-13)18(3,4)5/h6-9,12,15H,11H2,1-5H3,(H,20,25). The van der Waals surface area contributed by atoms with E-state index < -0.39 is 6.04 Å². The average Bonchev–Trinajstić information content (AvgIpc) is 3.00. The van der Waals surface area contributed by atoms with Crippen molar-refractivity contribution < 1.29 is 4.79 Å². The molecule has 0 spiro atoms. The number of aromatic nitrogens is 4. The largest absolute Gasteiger partial charge is 0.335 e. The number of nitrogens with one attached hydrogen (secondary N) is 1. The van der Waals surface area contributed by atoms with E-state index >= 15 is 0 Å². The normalized spacial score (nSPS) is 12.7. The Hall–Kier alpha value is -2.75. The van der Waals surface area contributed by atoms with Gasteiger partial charge in [0.05, 0.1) is 6.07 Å². The topological polar surface area (TPSA) is 96.5 Å². The second-order valence-electron chi connectivity index (χ2n) is 7.35. The molecule has 132 valence electrons. The Bertz CT molecular complexity index is 764. The minimum Gasteiger partial charge on any atom is -0.335 e. The number of benzene rings is 1. The van der Waals surface area contributed by atoms with Crippen molar-refractivity contribution in [2.45, 2.75) is 58.5 Å². The molecule has 2 aromatic rings. The lowest BCUT2D eigenvalue weighted by atomic mass is 9.86. The summed E-state index contributed by atoms with van der Waals surface area (Å²) < 4.78 is 1.46. The summed E-state index contributed by atoms with van der Waals surface area (Å²) in [5.41, 5.74) is 1.97. The first-order valence-electron chi connectivity index (χ1n) is 8.28. The number of tetrazole rings is 1. The zero-order valence-electron chi connectivity index (χ0n) is 15.3. The van der Waals surface area contributed by atoms with Gasteiger partial charge < -0.3 is 5.32 Å². The maximum absolute atomic E-state index is 12.3. The molecule has 1 unspecified atom stereocenters. The van der Waals surface area contributed by atoms with Crippen molar-refractivity contribution in [3.05, 3.63) is 41.2 Å². The summed E-state index contributed by atoms with van der Waals surface area (Å²) in [5.74, 6) is 0.443. The number of carbonyl (C=O) groups is 1. The van der Waals surface area contributed by atoms with E-state index in [2.05, 4.69) is 47.7 Å². The van der Waals surface area contributed by atoms with Crippen LogP contribution in [-0.4, -0.2) is 26.1 Å². The predicted octanol–water partition coefficient (Wildman–Crippen LogP) is 2.48. The molecule has 0 aliphatic rings. The van der Waals surface area contributed by atoms with Gasteiger partial charge in [0.2, 0.25) is 5.91 Å². The first-order chi connectivity index (χ1) is 11.7. The van der Waals surface area contributed by atoms with Gasteiger partial charge in [0.1, 0.15) is 12.6 Å². The minimum absolute atomic E-state index is 0.0151. The van der Waals surface area contributed by atoms with Gasteiger partial charge in [-0.25, -0.2) is 4.68 Å². The van der Waals surface area contributed by atoms with Gasteiger partial charge in [-0.15, -0.1) is 5.10 Å². The number of nitrogens with zero attached hydrogens (tertiary/aromatic N) is 5. The lowest BCUT2D eigenvalue weighted by Crippen LogP contribution is -2.32. The van der Waals surface area contributed by atoms with Gasteiger partial charge in [0, 0.05) is 5.92 Å².